The van der Waals surface area contributed by atoms with E-state index in [1.54, 1.807) is 31.2 Å². The predicted molar refractivity (Wildman–Crippen MR) is 72.7 cm³/mol. The minimum Gasteiger partial charge on any atom is -0.481 e. The van der Waals surface area contributed by atoms with Crippen molar-refractivity contribution < 1.29 is 14.7 Å². The molecule has 0 bridgehead atoms. The SMILES string of the molecule is CC(=O)N(CC(C)C(=O)O)c1ccc(SC#N)cc1. The van der Waals surface area contributed by atoms with Crippen molar-refractivity contribution in [1.82, 2.24) is 0 Å². The lowest BCUT2D eigenvalue weighted by molar-refractivity contribution is -0.140. The van der Waals surface area contributed by atoms with E-state index in [2.05, 4.69) is 0 Å². The van der Waals surface area contributed by atoms with Gasteiger partial charge in [-0.3, -0.25) is 9.59 Å². The monoisotopic (exact) mass is 278 g/mol. The third-order valence-electron chi connectivity index (χ3n) is 2.57. The van der Waals surface area contributed by atoms with Crippen molar-refractivity contribution in [2.45, 2.75) is 18.7 Å². The summed E-state index contributed by atoms with van der Waals surface area (Å²) in [7, 11) is 0. The number of carbonyl (C=O) groups excluding carboxylic acids is 1. The molecule has 0 aromatic heterocycles. The van der Waals surface area contributed by atoms with Gasteiger partial charge >= 0.3 is 5.97 Å². The lowest BCUT2D eigenvalue weighted by Gasteiger charge is -2.23. The summed E-state index contributed by atoms with van der Waals surface area (Å²) >= 11 is 1.03. The quantitative estimate of drug-likeness (QED) is 0.660. The first-order valence-corrected chi connectivity index (χ1v) is 6.44. The summed E-state index contributed by atoms with van der Waals surface area (Å²) in [6, 6.07) is 6.86. The molecule has 0 saturated heterocycles. The molecule has 1 rings (SSSR count). The number of carboxylic acid groups (broad SMARTS) is 1. The van der Waals surface area contributed by atoms with Crippen LogP contribution in [-0.2, 0) is 9.59 Å². The average Bonchev–Trinajstić information content (AvgIpc) is 2.36. The van der Waals surface area contributed by atoms with E-state index in [1.165, 1.54) is 11.8 Å². The predicted octanol–water partition coefficient (Wildman–Crippen LogP) is 2.33. The fourth-order valence-electron chi connectivity index (χ4n) is 1.51. The van der Waals surface area contributed by atoms with Gasteiger partial charge in [0.05, 0.1) is 5.92 Å². The van der Waals surface area contributed by atoms with E-state index in [0.717, 1.165) is 16.7 Å². The number of carbonyl (C=O) groups is 2. The number of carboxylic acids is 1. The van der Waals surface area contributed by atoms with Crippen LogP contribution in [0.2, 0.25) is 0 Å². The van der Waals surface area contributed by atoms with Crippen molar-refractivity contribution in [3.8, 4) is 5.40 Å². The van der Waals surface area contributed by atoms with Crippen LogP contribution in [0.4, 0.5) is 5.69 Å². The van der Waals surface area contributed by atoms with Gasteiger partial charge in [0.2, 0.25) is 5.91 Å². The van der Waals surface area contributed by atoms with Crippen LogP contribution in [0.1, 0.15) is 13.8 Å². The largest absolute Gasteiger partial charge is 0.481 e. The molecule has 100 valence electrons. The topological polar surface area (TPSA) is 81.4 Å². The van der Waals surface area contributed by atoms with Crippen molar-refractivity contribution in [2.24, 2.45) is 5.92 Å². The van der Waals surface area contributed by atoms with Gasteiger partial charge in [-0.15, -0.1) is 0 Å². The zero-order valence-electron chi connectivity index (χ0n) is 10.7. The molecule has 19 heavy (non-hydrogen) atoms. The second-order valence-corrected chi connectivity index (χ2v) is 4.91. The maximum Gasteiger partial charge on any atom is 0.308 e. The Morgan fingerprint density at radius 1 is 1.42 bits per heavy atom. The summed E-state index contributed by atoms with van der Waals surface area (Å²) in [5.74, 6) is -1.80. The van der Waals surface area contributed by atoms with Crippen LogP contribution in [0.5, 0.6) is 0 Å². The van der Waals surface area contributed by atoms with E-state index in [9.17, 15) is 9.59 Å². The molecule has 0 aliphatic rings. The van der Waals surface area contributed by atoms with Gasteiger partial charge < -0.3 is 10.0 Å². The molecule has 1 aromatic carbocycles. The molecule has 0 heterocycles. The van der Waals surface area contributed by atoms with Crippen LogP contribution in [0.3, 0.4) is 0 Å². The highest BCUT2D eigenvalue weighted by Crippen LogP contribution is 2.22. The van der Waals surface area contributed by atoms with E-state index in [4.69, 9.17) is 10.4 Å². The summed E-state index contributed by atoms with van der Waals surface area (Å²) in [4.78, 5) is 24.6. The lowest BCUT2D eigenvalue weighted by atomic mass is 10.1. The molecule has 6 heteroatoms. The van der Waals surface area contributed by atoms with Crippen LogP contribution in [0.15, 0.2) is 29.2 Å². The Kier molecular flexibility index (Phi) is 5.39. The first-order valence-electron chi connectivity index (χ1n) is 5.62. The Hall–Kier alpha value is -2.00. The number of thioether (sulfide) groups is 1. The van der Waals surface area contributed by atoms with Gasteiger partial charge in [-0.1, -0.05) is 6.92 Å². The number of amides is 1. The number of nitriles is 1. The van der Waals surface area contributed by atoms with Crippen LogP contribution in [0.25, 0.3) is 0 Å². The molecule has 1 atom stereocenters. The highest BCUT2D eigenvalue weighted by atomic mass is 32.2. The number of anilines is 1. The normalized spacial score (nSPS) is 11.4. The molecular formula is C13H14N2O3S. The molecule has 5 nitrogen and oxygen atoms in total. The van der Waals surface area contributed by atoms with Crippen molar-refractivity contribution in [3.63, 3.8) is 0 Å². The van der Waals surface area contributed by atoms with Crippen LogP contribution in [-0.4, -0.2) is 23.5 Å². The first-order chi connectivity index (χ1) is 8.95. The van der Waals surface area contributed by atoms with Gasteiger partial charge in [0.15, 0.2) is 0 Å². The standard InChI is InChI=1S/C13H14N2O3S/c1-9(13(17)18)7-15(10(2)16)11-3-5-12(6-4-11)19-8-14/h3-6,9H,7H2,1-2H3,(H,17,18). The van der Waals surface area contributed by atoms with Gasteiger partial charge in [0.25, 0.3) is 0 Å². The van der Waals surface area contributed by atoms with Crippen molar-refractivity contribution in [2.75, 3.05) is 11.4 Å². The van der Waals surface area contributed by atoms with Gasteiger partial charge in [-0.05, 0) is 36.0 Å². The molecule has 0 radical (unpaired) electrons. The van der Waals surface area contributed by atoms with E-state index >= 15 is 0 Å². The van der Waals surface area contributed by atoms with Crippen molar-refractivity contribution >= 4 is 29.3 Å². The van der Waals surface area contributed by atoms with Gasteiger partial charge in [0.1, 0.15) is 5.40 Å². The molecule has 0 aliphatic carbocycles. The molecule has 1 aromatic rings. The van der Waals surface area contributed by atoms with E-state index in [0.29, 0.717) is 5.69 Å². The molecule has 0 saturated carbocycles. The molecule has 0 spiro atoms. The maximum atomic E-state index is 11.6. The summed E-state index contributed by atoms with van der Waals surface area (Å²) in [5.41, 5.74) is 0.628. The van der Waals surface area contributed by atoms with E-state index in [-0.39, 0.29) is 12.5 Å². The zero-order valence-corrected chi connectivity index (χ0v) is 11.5. The minimum absolute atomic E-state index is 0.120. The Morgan fingerprint density at radius 2 is 2.00 bits per heavy atom. The second kappa shape index (κ2) is 6.81. The van der Waals surface area contributed by atoms with E-state index in [1.807, 2.05) is 5.40 Å². The highest BCUT2D eigenvalue weighted by molar-refractivity contribution is 8.03. The summed E-state index contributed by atoms with van der Waals surface area (Å²) in [6.45, 7) is 3.07. The van der Waals surface area contributed by atoms with Crippen LogP contribution in [0, 0.1) is 16.6 Å². The number of benzene rings is 1. The Bertz CT molecular complexity index is 508. The fourth-order valence-corrected chi connectivity index (χ4v) is 1.89. The van der Waals surface area contributed by atoms with Crippen LogP contribution < -0.4 is 4.90 Å². The van der Waals surface area contributed by atoms with Crippen molar-refractivity contribution in [1.29, 1.82) is 5.26 Å². The summed E-state index contributed by atoms with van der Waals surface area (Å²) in [5, 5.41) is 19.4. The average molecular weight is 278 g/mol. The molecule has 0 aliphatic heterocycles. The third-order valence-corrected chi connectivity index (χ3v) is 3.17. The molecule has 1 unspecified atom stereocenters. The van der Waals surface area contributed by atoms with Gasteiger partial charge in [0, 0.05) is 24.1 Å². The summed E-state index contributed by atoms with van der Waals surface area (Å²) in [6.07, 6.45) is 0. The molecule has 1 amide bonds. The van der Waals surface area contributed by atoms with Gasteiger partial charge in [-0.2, -0.15) is 5.26 Å². The van der Waals surface area contributed by atoms with Gasteiger partial charge in [-0.25, -0.2) is 0 Å². The van der Waals surface area contributed by atoms with Crippen molar-refractivity contribution in [3.05, 3.63) is 24.3 Å². The highest BCUT2D eigenvalue weighted by Gasteiger charge is 2.19. The molecular weight excluding hydrogens is 264 g/mol. The third kappa shape index (κ3) is 4.30. The first kappa shape index (κ1) is 15.1. The maximum absolute atomic E-state index is 11.6. The zero-order chi connectivity index (χ0) is 14.4. The number of nitrogens with zero attached hydrogens (tertiary/aromatic N) is 2. The fraction of sp³-hybridized carbons (Fsp3) is 0.308. The molecule has 1 N–H and O–H groups in total. The number of aliphatic carboxylic acids is 1. The Balaban J connectivity index is 2.90. The Labute approximate surface area is 115 Å². The second-order valence-electron chi connectivity index (χ2n) is 4.06. The summed E-state index contributed by atoms with van der Waals surface area (Å²) < 4.78 is 0. The number of thiocyanates is 1. The number of hydrogen-bond acceptors (Lipinski definition) is 4. The lowest BCUT2D eigenvalue weighted by Crippen LogP contribution is -2.35. The van der Waals surface area contributed by atoms with E-state index < -0.39 is 11.9 Å². The number of rotatable bonds is 5. The molecule has 0 fully saturated rings. The minimum atomic E-state index is -0.942. The van der Waals surface area contributed by atoms with Crippen LogP contribution >= 0.6 is 11.8 Å². The Morgan fingerprint density at radius 3 is 2.42 bits per heavy atom. The number of hydrogen-bond donors (Lipinski definition) is 1. The smallest absolute Gasteiger partial charge is 0.308 e.